The first-order valence-electron chi connectivity index (χ1n) is 10.7. The third kappa shape index (κ3) is 3.89. The summed E-state index contributed by atoms with van der Waals surface area (Å²) in [4.78, 5) is 0. The average Bonchev–Trinajstić information content (AvgIpc) is 2.69. The third-order valence-corrected chi connectivity index (χ3v) is 6.38. The van der Waals surface area contributed by atoms with Gasteiger partial charge in [-0.05, 0) is 71.9 Å². The smallest absolute Gasteiger partial charge is 0.122 e. The van der Waals surface area contributed by atoms with Gasteiger partial charge in [0.05, 0.1) is 0 Å². The zero-order chi connectivity index (χ0) is 20.5. The molecule has 4 aliphatic carbocycles. The maximum absolute atomic E-state index is 11.2. The van der Waals surface area contributed by atoms with E-state index in [1.54, 1.807) is 0 Å². The van der Waals surface area contributed by atoms with Crippen LogP contribution in [0.15, 0.2) is 48.5 Å². The molecule has 29 heavy (non-hydrogen) atoms. The maximum atomic E-state index is 11.2. The Labute approximate surface area is 173 Å². The molecule has 0 saturated carbocycles. The normalized spacial score (nSPS) is 13.5. The van der Waals surface area contributed by atoms with Gasteiger partial charge < -0.3 is 10.2 Å². The van der Waals surface area contributed by atoms with Gasteiger partial charge in [-0.3, -0.25) is 0 Å². The Hall–Kier alpha value is -2.74. The molecule has 4 bridgehead atoms. The topological polar surface area (TPSA) is 40.5 Å². The van der Waals surface area contributed by atoms with E-state index in [0.717, 1.165) is 53.5 Å². The highest BCUT2D eigenvalue weighted by Gasteiger charge is 2.19. The second-order valence-electron chi connectivity index (χ2n) is 8.66. The summed E-state index contributed by atoms with van der Waals surface area (Å²) in [7, 11) is 0. The molecular formula is C27H30O2. The second kappa shape index (κ2) is 7.94. The average molecular weight is 387 g/mol. The summed E-state index contributed by atoms with van der Waals surface area (Å²) in [5, 5.41) is 22.1. The molecule has 0 heterocycles. The van der Waals surface area contributed by atoms with E-state index in [9.17, 15) is 10.2 Å². The molecule has 7 rings (SSSR count). The van der Waals surface area contributed by atoms with E-state index in [-0.39, 0.29) is 5.92 Å². The van der Waals surface area contributed by atoms with Crippen LogP contribution in [0.3, 0.4) is 0 Å². The van der Waals surface area contributed by atoms with E-state index in [4.69, 9.17) is 0 Å². The van der Waals surface area contributed by atoms with Gasteiger partial charge in [-0.2, -0.15) is 0 Å². The third-order valence-electron chi connectivity index (χ3n) is 6.38. The number of hydrogen-bond donors (Lipinski definition) is 2. The van der Waals surface area contributed by atoms with Crippen molar-refractivity contribution < 1.29 is 10.2 Å². The fraction of sp³-hybridized carbons (Fsp3) is 0.333. The highest BCUT2D eigenvalue weighted by molar-refractivity contribution is 5.54. The minimum absolute atomic E-state index is 0.258. The lowest BCUT2D eigenvalue weighted by molar-refractivity contribution is 0.452. The Morgan fingerprint density at radius 3 is 1.90 bits per heavy atom. The minimum atomic E-state index is 0.258. The monoisotopic (exact) mass is 386 g/mol. The van der Waals surface area contributed by atoms with Crippen LogP contribution in [0.25, 0.3) is 0 Å². The SMILES string of the molecule is Cc1ccc(C(C)C)c(O)c1Cc1c2ccc(c1O)CCc1ccc(cc1)CC2. The Kier molecular flexibility index (Phi) is 5.36. The number of rotatable bonds is 3. The Balaban J connectivity index is 1.78. The van der Waals surface area contributed by atoms with Crippen molar-refractivity contribution in [3.63, 3.8) is 0 Å². The van der Waals surface area contributed by atoms with Crippen LogP contribution in [0.5, 0.6) is 11.5 Å². The summed E-state index contributed by atoms with van der Waals surface area (Å²) < 4.78 is 0. The molecular weight excluding hydrogens is 356 g/mol. The van der Waals surface area contributed by atoms with Gasteiger partial charge in [0.2, 0.25) is 0 Å². The fourth-order valence-corrected chi connectivity index (χ4v) is 4.41. The van der Waals surface area contributed by atoms with Crippen molar-refractivity contribution in [3.8, 4) is 11.5 Å². The van der Waals surface area contributed by atoms with Crippen LogP contribution in [-0.2, 0) is 32.1 Å². The molecule has 0 unspecified atom stereocenters. The summed E-state index contributed by atoms with van der Waals surface area (Å²) in [6.07, 6.45) is 4.12. The van der Waals surface area contributed by atoms with Crippen molar-refractivity contribution in [3.05, 3.63) is 93.0 Å². The first-order chi connectivity index (χ1) is 13.9. The van der Waals surface area contributed by atoms with Gasteiger partial charge in [-0.1, -0.05) is 62.4 Å². The molecule has 3 aromatic rings. The quantitative estimate of drug-likeness (QED) is 0.579. The van der Waals surface area contributed by atoms with Crippen LogP contribution in [0.2, 0.25) is 0 Å². The molecule has 0 spiro atoms. The van der Waals surface area contributed by atoms with Crippen LogP contribution in [0.1, 0.15) is 64.3 Å². The standard InChI is InChI=1S/C27H30O2/c1-17(2)23-15-4-18(3)24(27(23)29)16-25-21-11-9-19-5-7-20(8-6-19)10-12-22(14-13-21)26(25)28/h4-8,13-15,17,28-29H,9-12,16H2,1-3H3. The summed E-state index contributed by atoms with van der Waals surface area (Å²) in [6.45, 7) is 6.24. The molecule has 2 nitrogen and oxygen atoms in total. The predicted molar refractivity (Wildman–Crippen MR) is 119 cm³/mol. The van der Waals surface area contributed by atoms with Gasteiger partial charge in [0.15, 0.2) is 0 Å². The fourth-order valence-electron chi connectivity index (χ4n) is 4.41. The number of phenolic OH excluding ortho intramolecular Hbond substituents is 2. The van der Waals surface area contributed by atoms with Crippen LogP contribution in [-0.4, -0.2) is 10.2 Å². The summed E-state index contributed by atoms with van der Waals surface area (Å²) in [6, 6.07) is 17.2. The number of aromatic hydroxyl groups is 2. The molecule has 0 aliphatic heterocycles. The number of benzene rings is 3. The summed E-state index contributed by atoms with van der Waals surface area (Å²) in [5.74, 6) is 1.05. The first-order valence-corrected chi connectivity index (χ1v) is 10.7. The number of phenols is 2. The molecule has 0 fully saturated rings. The first kappa shape index (κ1) is 19.6. The molecule has 0 amide bonds. The van der Waals surface area contributed by atoms with Crippen LogP contribution in [0.4, 0.5) is 0 Å². The molecule has 2 heteroatoms. The van der Waals surface area contributed by atoms with Gasteiger partial charge in [-0.25, -0.2) is 0 Å². The number of hydrogen-bond acceptors (Lipinski definition) is 2. The van der Waals surface area contributed by atoms with Gasteiger partial charge in [0, 0.05) is 17.5 Å². The number of aryl methyl sites for hydroxylation is 5. The lowest BCUT2D eigenvalue weighted by Crippen LogP contribution is -2.05. The van der Waals surface area contributed by atoms with E-state index in [2.05, 4.69) is 56.3 Å². The summed E-state index contributed by atoms with van der Waals surface area (Å²) in [5.41, 5.74) is 8.73. The Bertz CT molecular complexity index is 1030. The Morgan fingerprint density at radius 2 is 1.28 bits per heavy atom. The molecule has 3 aromatic carbocycles. The van der Waals surface area contributed by atoms with E-state index >= 15 is 0 Å². The van der Waals surface area contributed by atoms with Gasteiger partial charge >= 0.3 is 0 Å². The van der Waals surface area contributed by atoms with Crippen molar-refractivity contribution in [2.24, 2.45) is 0 Å². The van der Waals surface area contributed by atoms with Gasteiger partial charge in [-0.15, -0.1) is 0 Å². The van der Waals surface area contributed by atoms with Crippen molar-refractivity contribution in [2.75, 3.05) is 0 Å². The maximum Gasteiger partial charge on any atom is 0.122 e. The Morgan fingerprint density at radius 1 is 0.690 bits per heavy atom. The molecule has 0 radical (unpaired) electrons. The highest BCUT2D eigenvalue weighted by atomic mass is 16.3. The lowest BCUT2D eigenvalue weighted by atomic mass is 9.87. The van der Waals surface area contributed by atoms with Gasteiger partial charge in [0.25, 0.3) is 0 Å². The van der Waals surface area contributed by atoms with E-state index in [0.29, 0.717) is 17.9 Å². The second-order valence-corrected chi connectivity index (χ2v) is 8.66. The van der Waals surface area contributed by atoms with Crippen molar-refractivity contribution in [1.82, 2.24) is 0 Å². The van der Waals surface area contributed by atoms with Crippen LogP contribution >= 0.6 is 0 Å². The van der Waals surface area contributed by atoms with Crippen molar-refractivity contribution in [2.45, 2.75) is 58.8 Å². The largest absolute Gasteiger partial charge is 0.507 e. The summed E-state index contributed by atoms with van der Waals surface area (Å²) >= 11 is 0. The van der Waals surface area contributed by atoms with E-state index < -0.39 is 0 Å². The van der Waals surface area contributed by atoms with Crippen molar-refractivity contribution in [1.29, 1.82) is 0 Å². The minimum Gasteiger partial charge on any atom is -0.507 e. The molecule has 0 saturated heterocycles. The zero-order valence-electron chi connectivity index (χ0n) is 17.6. The van der Waals surface area contributed by atoms with E-state index in [1.807, 2.05) is 13.0 Å². The molecule has 0 atom stereocenters. The predicted octanol–water partition coefficient (Wildman–Crippen LogP) is 6.00. The lowest BCUT2D eigenvalue weighted by Gasteiger charge is -2.20. The van der Waals surface area contributed by atoms with E-state index in [1.165, 1.54) is 16.7 Å². The molecule has 2 N–H and O–H groups in total. The highest BCUT2D eigenvalue weighted by Crippen LogP contribution is 2.37. The zero-order valence-corrected chi connectivity index (χ0v) is 17.6. The van der Waals surface area contributed by atoms with Gasteiger partial charge in [0.1, 0.15) is 11.5 Å². The van der Waals surface area contributed by atoms with Crippen LogP contribution < -0.4 is 0 Å². The molecule has 150 valence electrons. The molecule has 0 aromatic heterocycles. The van der Waals surface area contributed by atoms with Crippen molar-refractivity contribution >= 4 is 0 Å². The molecule has 4 aliphatic rings. The van der Waals surface area contributed by atoms with Crippen LogP contribution in [0, 0.1) is 6.92 Å².